The molecule has 0 aliphatic carbocycles. The number of rotatable bonds is 5. The third kappa shape index (κ3) is 4.82. The molecule has 0 radical (unpaired) electrons. The molecule has 1 atom stereocenters. The summed E-state index contributed by atoms with van der Waals surface area (Å²) < 4.78 is 34.3. The first kappa shape index (κ1) is 16.0. The molecule has 5 nitrogen and oxygen atoms in total. The van der Waals surface area contributed by atoms with Crippen molar-refractivity contribution in [3.63, 3.8) is 0 Å². The molecule has 19 heavy (non-hydrogen) atoms. The van der Waals surface area contributed by atoms with Crippen LogP contribution in [0, 0.1) is 5.82 Å². The summed E-state index contributed by atoms with van der Waals surface area (Å²) >= 11 is 5.72. The van der Waals surface area contributed by atoms with Gasteiger partial charge < -0.3 is 9.26 Å². The van der Waals surface area contributed by atoms with Crippen molar-refractivity contribution in [3.05, 3.63) is 30.1 Å². The number of carbonyl (C=O) groups is 1. The highest BCUT2D eigenvalue weighted by atomic mass is 35.7. The lowest BCUT2D eigenvalue weighted by atomic mass is 10.1. The molecule has 0 aliphatic heterocycles. The highest BCUT2D eigenvalue weighted by molar-refractivity contribution is 7.84. The molecule has 0 saturated heterocycles. The Balaban J connectivity index is 2.79. The largest absolute Gasteiger partial charge is 0.468 e. The predicted octanol–water partition coefficient (Wildman–Crippen LogP) is 3.09. The molecule has 0 spiro atoms. The summed E-state index contributed by atoms with van der Waals surface area (Å²) in [5, 5.41) is 2.38. The molecule has 106 valence electrons. The maximum atomic E-state index is 12.7. The van der Waals surface area contributed by atoms with Gasteiger partial charge in [-0.05, 0) is 38.1 Å². The first-order valence-electron chi connectivity index (χ1n) is 5.29. The molecule has 0 amide bonds. The van der Waals surface area contributed by atoms with Gasteiger partial charge in [-0.1, -0.05) is 0 Å². The molecule has 0 bridgehead atoms. The second kappa shape index (κ2) is 5.90. The second-order valence-electron chi connectivity index (χ2n) is 4.25. The Labute approximate surface area is 115 Å². The maximum absolute atomic E-state index is 12.7. The van der Waals surface area contributed by atoms with E-state index in [2.05, 4.69) is 9.82 Å². The summed E-state index contributed by atoms with van der Waals surface area (Å²) in [4.78, 5) is 11.4. The molecule has 8 heteroatoms. The van der Waals surface area contributed by atoms with Crippen LogP contribution in [0.4, 0.5) is 4.39 Å². The van der Waals surface area contributed by atoms with Crippen molar-refractivity contribution in [1.82, 2.24) is 5.09 Å². The first-order valence-corrected chi connectivity index (χ1v) is 7.82. The van der Waals surface area contributed by atoms with Crippen LogP contribution in [0.1, 0.15) is 13.8 Å². The number of carbonyl (C=O) groups excluding carboxylic acids is 1. The zero-order valence-electron chi connectivity index (χ0n) is 10.6. The van der Waals surface area contributed by atoms with Crippen molar-refractivity contribution in [1.29, 1.82) is 0 Å². The molecule has 1 unspecified atom stereocenters. The van der Waals surface area contributed by atoms with E-state index in [0.29, 0.717) is 0 Å². The van der Waals surface area contributed by atoms with E-state index in [9.17, 15) is 13.8 Å². The number of ether oxygens (including phenoxy) is 1. The van der Waals surface area contributed by atoms with E-state index < -0.39 is 24.2 Å². The van der Waals surface area contributed by atoms with Crippen molar-refractivity contribution in [2.24, 2.45) is 0 Å². The van der Waals surface area contributed by atoms with Gasteiger partial charge in [0.15, 0.2) is 0 Å². The fraction of sp³-hybridized carbons (Fsp3) is 0.364. The molecule has 0 fully saturated rings. The number of benzene rings is 1. The van der Waals surface area contributed by atoms with Gasteiger partial charge in [-0.15, -0.1) is 0 Å². The second-order valence-corrected chi connectivity index (χ2v) is 6.95. The first-order chi connectivity index (χ1) is 8.66. The van der Waals surface area contributed by atoms with Crippen molar-refractivity contribution < 1.29 is 23.0 Å². The number of methoxy groups -OCH3 is 1. The Morgan fingerprint density at radius 2 is 1.89 bits per heavy atom. The Bertz CT molecular complexity index is 506. The summed E-state index contributed by atoms with van der Waals surface area (Å²) in [7, 11) is 1.20. The Kier molecular flexibility index (Phi) is 4.96. The van der Waals surface area contributed by atoms with E-state index in [0.717, 1.165) is 12.1 Å². The van der Waals surface area contributed by atoms with E-state index in [1.165, 1.54) is 33.1 Å². The van der Waals surface area contributed by atoms with Crippen molar-refractivity contribution in [2.45, 2.75) is 19.4 Å². The van der Waals surface area contributed by atoms with Crippen LogP contribution in [-0.4, -0.2) is 18.6 Å². The van der Waals surface area contributed by atoms with Crippen molar-refractivity contribution >= 4 is 24.1 Å². The smallest absolute Gasteiger partial charge is 0.410 e. The predicted molar refractivity (Wildman–Crippen MR) is 69.7 cm³/mol. The van der Waals surface area contributed by atoms with Gasteiger partial charge in [-0.25, -0.2) is 14.0 Å². The summed E-state index contributed by atoms with van der Waals surface area (Å²) in [6.07, 6.45) is 0. The van der Waals surface area contributed by atoms with Crippen LogP contribution in [0.2, 0.25) is 0 Å². The molecule has 0 aliphatic rings. The fourth-order valence-electron chi connectivity index (χ4n) is 1.29. The van der Waals surface area contributed by atoms with Crippen LogP contribution < -0.4 is 9.61 Å². The van der Waals surface area contributed by atoms with Gasteiger partial charge in [0.05, 0.1) is 7.11 Å². The minimum Gasteiger partial charge on any atom is -0.468 e. The number of hydrogen-bond donors (Lipinski definition) is 1. The van der Waals surface area contributed by atoms with Gasteiger partial charge in [0, 0.05) is 11.2 Å². The lowest BCUT2D eigenvalue weighted by molar-refractivity contribution is -0.146. The molecule has 1 rings (SSSR count). The number of nitrogens with one attached hydrogen (secondary N) is 1. The molecular weight excluding hydrogens is 296 g/mol. The van der Waals surface area contributed by atoms with Crippen LogP contribution in [0.3, 0.4) is 0 Å². The number of esters is 1. The van der Waals surface area contributed by atoms with E-state index in [1.54, 1.807) is 0 Å². The van der Waals surface area contributed by atoms with E-state index >= 15 is 0 Å². The third-order valence-electron chi connectivity index (χ3n) is 2.15. The molecule has 1 N–H and O–H groups in total. The summed E-state index contributed by atoms with van der Waals surface area (Å²) in [5.74, 6) is -0.983. The van der Waals surface area contributed by atoms with Gasteiger partial charge in [-0.3, -0.25) is 4.79 Å². The molecule has 1 aromatic carbocycles. The van der Waals surface area contributed by atoms with Crippen LogP contribution in [0.15, 0.2) is 24.3 Å². The topological polar surface area (TPSA) is 64.6 Å². The molecular formula is C11H14ClFNO4P. The normalized spacial score (nSPS) is 14.6. The average Bonchev–Trinajstić information content (AvgIpc) is 2.29. The van der Waals surface area contributed by atoms with Gasteiger partial charge in [-0.2, -0.15) is 0 Å². The Hall–Kier alpha value is -1.10. The summed E-state index contributed by atoms with van der Waals surface area (Å²) in [6.45, 7) is -0.927. The molecule has 0 aromatic heterocycles. The standard InChI is InChI=1S/C11H14ClFNO4P/c1-11(2,10(15)17-3)14-19(12,16)18-9-6-4-8(13)5-7-9/h4-7H,1-3H3,(H,14,16). The highest BCUT2D eigenvalue weighted by Gasteiger charge is 2.37. The lowest BCUT2D eigenvalue weighted by Crippen LogP contribution is -2.45. The Morgan fingerprint density at radius 1 is 1.37 bits per heavy atom. The van der Waals surface area contributed by atoms with Crippen LogP contribution in [-0.2, 0) is 14.1 Å². The van der Waals surface area contributed by atoms with Gasteiger partial charge in [0.25, 0.3) is 0 Å². The van der Waals surface area contributed by atoms with E-state index in [1.807, 2.05) is 0 Å². The van der Waals surface area contributed by atoms with Gasteiger partial charge >= 0.3 is 12.8 Å². The fourth-order valence-corrected chi connectivity index (χ4v) is 3.36. The molecule has 0 saturated carbocycles. The van der Waals surface area contributed by atoms with Crippen molar-refractivity contribution in [2.75, 3.05) is 7.11 Å². The third-order valence-corrected chi connectivity index (χ3v) is 3.88. The van der Waals surface area contributed by atoms with Gasteiger partial charge in [0.2, 0.25) is 0 Å². The maximum Gasteiger partial charge on any atom is 0.410 e. The van der Waals surface area contributed by atoms with Crippen LogP contribution >= 0.6 is 18.1 Å². The molecule has 0 heterocycles. The Morgan fingerprint density at radius 3 is 2.37 bits per heavy atom. The van der Waals surface area contributed by atoms with Crippen LogP contribution in [0.5, 0.6) is 5.75 Å². The zero-order valence-corrected chi connectivity index (χ0v) is 12.3. The number of hydrogen-bond acceptors (Lipinski definition) is 4. The van der Waals surface area contributed by atoms with E-state index in [-0.39, 0.29) is 5.75 Å². The lowest BCUT2D eigenvalue weighted by Gasteiger charge is -2.25. The molecule has 1 aromatic rings. The van der Waals surface area contributed by atoms with E-state index in [4.69, 9.17) is 15.8 Å². The SMILES string of the molecule is COC(=O)C(C)(C)NP(=O)(Cl)Oc1ccc(F)cc1. The summed E-state index contributed by atoms with van der Waals surface area (Å²) in [6, 6.07) is 4.82. The zero-order chi connectivity index (χ0) is 14.7. The van der Waals surface area contributed by atoms with Gasteiger partial charge in [0.1, 0.15) is 17.1 Å². The minimum atomic E-state index is -3.82. The van der Waals surface area contributed by atoms with Crippen LogP contribution in [0.25, 0.3) is 0 Å². The number of halogens is 2. The van der Waals surface area contributed by atoms with Crippen molar-refractivity contribution in [3.8, 4) is 5.75 Å². The highest BCUT2D eigenvalue weighted by Crippen LogP contribution is 2.49. The monoisotopic (exact) mass is 309 g/mol. The average molecular weight is 310 g/mol. The summed E-state index contributed by atoms with van der Waals surface area (Å²) in [5.41, 5.74) is -1.29. The minimum absolute atomic E-state index is 0.118. The quantitative estimate of drug-likeness (QED) is 0.669.